The zero-order valence-electron chi connectivity index (χ0n) is 11.8. The molecule has 104 valence electrons. The Bertz CT molecular complexity index is 447. The minimum Gasteiger partial charge on any atom is -0.465 e. The van der Waals surface area contributed by atoms with E-state index in [-0.39, 0.29) is 6.10 Å². The number of carbonyl (C=O) groups is 1. The largest absolute Gasteiger partial charge is 0.465 e. The normalized spacial score (nSPS) is 37.9. The summed E-state index contributed by atoms with van der Waals surface area (Å²) in [6.45, 7) is 4.92. The predicted octanol–water partition coefficient (Wildman–Crippen LogP) is 3.36. The number of hydrogen-bond donors (Lipinski definition) is 0. The van der Waals surface area contributed by atoms with E-state index < -0.39 is 0 Å². The first-order valence-corrected chi connectivity index (χ1v) is 7.37. The van der Waals surface area contributed by atoms with Crippen LogP contribution < -0.4 is 0 Å². The van der Waals surface area contributed by atoms with E-state index >= 15 is 0 Å². The fourth-order valence-electron chi connectivity index (χ4n) is 3.35. The van der Waals surface area contributed by atoms with Crippen LogP contribution in [0.15, 0.2) is 23.2 Å². The molecule has 3 aliphatic rings. The third kappa shape index (κ3) is 2.43. The van der Waals surface area contributed by atoms with Crippen LogP contribution in [0.25, 0.3) is 0 Å². The topological polar surface area (TPSA) is 35.5 Å². The lowest BCUT2D eigenvalue weighted by atomic mass is 9.83. The first-order valence-electron chi connectivity index (χ1n) is 7.37. The minimum atomic E-state index is 0.248. The van der Waals surface area contributed by atoms with E-state index in [4.69, 9.17) is 9.47 Å². The van der Waals surface area contributed by atoms with Gasteiger partial charge in [-0.2, -0.15) is 0 Å². The molecule has 0 aromatic carbocycles. The van der Waals surface area contributed by atoms with Gasteiger partial charge in [0.25, 0.3) is 5.95 Å². The Hall–Kier alpha value is -1.25. The third-order valence-electron chi connectivity index (χ3n) is 4.64. The fraction of sp³-hybridized carbons (Fsp3) is 0.688. The summed E-state index contributed by atoms with van der Waals surface area (Å²) in [5, 5.41) is 0. The highest BCUT2D eigenvalue weighted by Crippen LogP contribution is 2.43. The molecule has 3 heteroatoms. The molecule has 0 amide bonds. The van der Waals surface area contributed by atoms with Gasteiger partial charge in [-0.05, 0) is 37.7 Å². The molecule has 3 nitrogen and oxygen atoms in total. The second-order valence-corrected chi connectivity index (χ2v) is 6.10. The summed E-state index contributed by atoms with van der Waals surface area (Å²) < 4.78 is 11.6. The zero-order chi connectivity index (χ0) is 13.4. The molecule has 0 saturated carbocycles. The summed E-state index contributed by atoms with van der Waals surface area (Å²) >= 11 is 0. The van der Waals surface area contributed by atoms with E-state index in [1.807, 2.05) is 6.92 Å². The van der Waals surface area contributed by atoms with Crippen molar-refractivity contribution in [2.45, 2.75) is 52.1 Å². The predicted molar refractivity (Wildman–Crippen MR) is 72.4 cm³/mol. The number of fused-ring (bicyclic) bond motifs is 2. The van der Waals surface area contributed by atoms with Gasteiger partial charge in [-0.1, -0.05) is 13.0 Å². The number of hydrogen-bond acceptors (Lipinski definition) is 3. The van der Waals surface area contributed by atoms with Crippen molar-refractivity contribution in [1.29, 1.82) is 0 Å². The number of ketones is 1. The molecule has 2 heterocycles. The molecule has 0 radical (unpaired) electrons. The van der Waals surface area contributed by atoms with Gasteiger partial charge in [-0.15, -0.1) is 0 Å². The number of ether oxygens (including phenoxy) is 2. The molecular formula is C16H22O3. The standard InChI is InChI=1S/C16H22O3/c1-10-3-6-14(17)11(2)4-5-12-13-7-8-18-16(13)19-15(12)9-10/h4,10,12,15H,3,5-9H2,1-2H3/b11-4+/t10-,12?,15+/m0/s1. The Morgan fingerprint density at radius 2 is 2.16 bits per heavy atom. The monoisotopic (exact) mass is 262 g/mol. The summed E-state index contributed by atoms with van der Waals surface area (Å²) in [5.74, 6) is 2.04. The Morgan fingerprint density at radius 3 is 3.00 bits per heavy atom. The smallest absolute Gasteiger partial charge is 0.279 e. The summed E-state index contributed by atoms with van der Waals surface area (Å²) in [6.07, 6.45) is 6.92. The van der Waals surface area contributed by atoms with Crippen molar-refractivity contribution in [1.82, 2.24) is 0 Å². The molecular weight excluding hydrogens is 240 g/mol. The molecule has 1 aliphatic carbocycles. The number of allylic oxidation sites excluding steroid dienone is 2. The first kappa shape index (κ1) is 12.8. The van der Waals surface area contributed by atoms with Gasteiger partial charge in [0.2, 0.25) is 0 Å². The van der Waals surface area contributed by atoms with Gasteiger partial charge in [0, 0.05) is 24.3 Å². The fourth-order valence-corrected chi connectivity index (χ4v) is 3.35. The summed E-state index contributed by atoms with van der Waals surface area (Å²) in [6, 6.07) is 0. The summed E-state index contributed by atoms with van der Waals surface area (Å²) in [5.41, 5.74) is 2.26. The molecule has 0 aromatic rings. The first-order chi connectivity index (χ1) is 9.15. The van der Waals surface area contributed by atoms with Gasteiger partial charge in [-0.3, -0.25) is 4.79 Å². The highest BCUT2D eigenvalue weighted by molar-refractivity contribution is 5.94. The van der Waals surface area contributed by atoms with Crippen molar-refractivity contribution < 1.29 is 14.3 Å². The zero-order valence-corrected chi connectivity index (χ0v) is 11.8. The van der Waals surface area contributed by atoms with Gasteiger partial charge in [0.1, 0.15) is 6.10 Å². The molecule has 0 fully saturated rings. The van der Waals surface area contributed by atoms with Gasteiger partial charge in [0.05, 0.1) is 6.61 Å². The van der Waals surface area contributed by atoms with Crippen LogP contribution in [0.5, 0.6) is 0 Å². The van der Waals surface area contributed by atoms with Gasteiger partial charge >= 0.3 is 0 Å². The lowest BCUT2D eigenvalue weighted by molar-refractivity contribution is -0.116. The number of rotatable bonds is 0. The van der Waals surface area contributed by atoms with Crippen LogP contribution in [-0.2, 0) is 14.3 Å². The van der Waals surface area contributed by atoms with Crippen LogP contribution in [0.3, 0.4) is 0 Å². The molecule has 0 bridgehead atoms. The van der Waals surface area contributed by atoms with E-state index in [1.54, 1.807) is 0 Å². The van der Waals surface area contributed by atoms with Crippen LogP contribution in [0.4, 0.5) is 0 Å². The molecule has 1 unspecified atom stereocenters. The molecule has 0 aromatic heterocycles. The minimum absolute atomic E-state index is 0.248. The van der Waals surface area contributed by atoms with E-state index in [9.17, 15) is 4.79 Å². The SMILES string of the molecule is C/C1=C\CC2C3=C(OCC3)O[C@@H]2C[C@@H](C)CCC1=O. The van der Waals surface area contributed by atoms with Crippen molar-refractivity contribution in [3.8, 4) is 0 Å². The Labute approximate surface area is 114 Å². The van der Waals surface area contributed by atoms with Crippen molar-refractivity contribution in [2.24, 2.45) is 11.8 Å². The molecule has 2 aliphatic heterocycles. The lowest BCUT2D eigenvalue weighted by Gasteiger charge is -2.25. The van der Waals surface area contributed by atoms with E-state index in [2.05, 4.69) is 13.0 Å². The average Bonchev–Trinajstić information content (AvgIpc) is 2.93. The Balaban J connectivity index is 1.84. The van der Waals surface area contributed by atoms with Crippen LogP contribution in [0.2, 0.25) is 0 Å². The van der Waals surface area contributed by atoms with E-state index in [0.717, 1.165) is 43.8 Å². The third-order valence-corrected chi connectivity index (χ3v) is 4.64. The van der Waals surface area contributed by atoms with Crippen LogP contribution in [-0.4, -0.2) is 18.5 Å². The number of carbonyl (C=O) groups excluding carboxylic acids is 1. The van der Waals surface area contributed by atoms with Crippen molar-refractivity contribution in [2.75, 3.05) is 6.61 Å². The highest BCUT2D eigenvalue weighted by atomic mass is 16.7. The van der Waals surface area contributed by atoms with Crippen LogP contribution in [0, 0.1) is 11.8 Å². The number of Topliss-reactive ketones (excluding diaryl/α,β-unsaturated/α-hetero) is 1. The molecule has 3 rings (SSSR count). The van der Waals surface area contributed by atoms with Crippen LogP contribution in [0.1, 0.15) is 46.0 Å². The second-order valence-electron chi connectivity index (χ2n) is 6.10. The maximum atomic E-state index is 12.0. The van der Waals surface area contributed by atoms with Crippen molar-refractivity contribution >= 4 is 5.78 Å². The molecule has 19 heavy (non-hydrogen) atoms. The van der Waals surface area contributed by atoms with Crippen molar-refractivity contribution in [3.05, 3.63) is 23.2 Å². The molecule has 0 saturated heterocycles. The van der Waals surface area contributed by atoms with Crippen LogP contribution >= 0.6 is 0 Å². The lowest BCUT2D eigenvalue weighted by Crippen LogP contribution is -2.24. The van der Waals surface area contributed by atoms with Gasteiger partial charge in [-0.25, -0.2) is 0 Å². The Kier molecular flexibility index (Phi) is 3.38. The highest BCUT2D eigenvalue weighted by Gasteiger charge is 2.40. The van der Waals surface area contributed by atoms with Gasteiger partial charge in [0.15, 0.2) is 5.78 Å². The van der Waals surface area contributed by atoms with E-state index in [1.165, 1.54) is 5.57 Å². The maximum absolute atomic E-state index is 12.0. The average molecular weight is 262 g/mol. The molecule has 0 spiro atoms. The Morgan fingerprint density at radius 1 is 1.32 bits per heavy atom. The summed E-state index contributed by atoms with van der Waals surface area (Å²) in [4.78, 5) is 12.0. The molecule has 3 atom stereocenters. The maximum Gasteiger partial charge on any atom is 0.279 e. The second kappa shape index (κ2) is 5.03. The van der Waals surface area contributed by atoms with Gasteiger partial charge < -0.3 is 9.47 Å². The quantitative estimate of drug-likeness (QED) is 0.671. The molecule has 0 N–H and O–H groups in total. The summed E-state index contributed by atoms with van der Waals surface area (Å²) in [7, 11) is 0. The van der Waals surface area contributed by atoms with Crippen molar-refractivity contribution in [3.63, 3.8) is 0 Å². The van der Waals surface area contributed by atoms with E-state index in [0.29, 0.717) is 24.0 Å².